The number of hydrogen-bond donors (Lipinski definition) is 0. The van der Waals surface area contributed by atoms with Crippen LogP contribution in [0.15, 0.2) is 54.6 Å². The molecular weight excluding hydrogens is 405 g/mol. The number of carbonyl (C=O) groups excluding carboxylic acids is 3. The molecule has 10 heteroatoms. The van der Waals surface area contributed by atoms with Crippen molar-refractivity contribution >= 4 is 29.2 Å². The van der Waals surface area contributed by atoms with E-state index in [0.717, 1.165) is 24.1 Å². The summed E-state index contributed by atoms with van der Waals surface area (Å²) in [7, 11) is 0. The number of alkyl halides is 3. The molecule has 7 nitrogen and oxygen atoms in total. The minimum Gasteiger partial charge on any atom is -0.406 e. The number of nitrogens with zero attached hydrogens (tertiary/aromatic N) is 2. The Morgan fingerprint density at radius 1 is 1.07 bits per heavy atom. The molecule has 30 heavy (non-hydrogen) atoms. The van der Waals surface area contributed by atoms with E-state index in [-0.39, 0.29) is 18.7 Å². The first kappa shape index (κ1) is 21.2. The van der Waals surface area contributed by atoms with Gasteiger partial charge in [0.05, 0.1) is 5.69 Å². The zero-order valence-corrected chi connectivity index (χ0v) is 15.8. The summed E-state index contributed by atoms with van der Waals surface area (Å²) in [5, 5.41) is 0.786. The minimum atomic E-state index is -4.82. The van der Waals surface area contributed by atoms with Crippen LogP contribution in [0.2, 0.25) is 0 Å². The Labute approximate surface area is 169 Å². The Hall–Kier alpha value is -3.56. The normalized spacial score (nSPS) is 16.3. The van der Waals surface area contributed by atoms with E-state index in [4.69, 9.17) is 4.84 Å². The van der Waals surface area contributed by atoms with E-state index in [0.29, 0.717) is 5.69 Å². The maximum Gasteiger partial charge on any atom is 0.573 e. The second-order valence-electron chi connectivity index (χ2n) is 6.42. The second kappa shape index (κ2) is 8.44. The molecule has 0 bridgehead atoms. The second-order valence-corrected chi connectivity index (χ2v) is 6.42. The lowest BCUT2D eigenvalue weighted by molar-refractivity contribution is -0.274. The molecule has 1 aliphatic rings. The number of benzene rings is 2. The quantitative estimate of drug-likeness (QED) is 0.557. The molecule has 0 aliphatic carbocycles. The fourth-order valence-electron chi connectivity index (χ4n) is 3.05. The highest BCUT2D eigenvalue weighted by Gasteiger charge is 2.41. The van der Waals surface area contributed by atoms with Crippen molar-refractivity contribution < 1.29 is 37.1 Å². The van der Waals surface area contributed by atoms with Crippen LogP contribution in [0.4, 0.5) is 24.5 Å². The van der Waals surface area contributed by atoms with Crippen molar-refractivity contribution in [3.8, 4) is 5.75 Å². The van der Waals surface area contributed by atoms with Gasteiger partial charge in [0.25, 0.3) is 5.91 Å². The summed E-state index contributed by atoms with van der Waals surface area (Å²) >= 11 is 0. The van der Waals surface area contributed by atoms with E-state index in [9.17, 15) is 27.6 Å². The lowest BCUT2D eigenvalue weighted by Crippen LogP contribution is -2.41. The SMILES string of the molecule is CC(=O)ON(C(=O)C1CCN(c2ccc(OC(F)(F)F)cc2)C1=O)c1ccccc1. The molecule has 0 saturated carbocycles. The molecule has 1 atom stereocenters. The van der Waals surface area contributed by atoms with Gasteiger partial charge in [-0.2, -0.15) is 0 Å². The molecule has 2 aromatic rings. The molecule has 1 fully saturated rings. The van der Waals surface area contributed by atoms with Crippen LogP contribution < -0.4 is 14.7 Å². The van der Waals surface area contributed by atoms with Crippen LogP contribution in [0.3, 0.4) is 0 Å². The number of ether oxygens (including phenoxy) is 1. The predicted octanol–water partition coefficient (Wildman–Crippen LogP) is 3.45. The molecule has 0 aromatic heterocycles. The molecule has 2 amide bonds. The molecule has 1 unspecified atom stereocenters. The zero-order chi connectivity index (χ0) is 21.9. The van der Waals surface area contributed by atoms with E-state index < -0.39 is 35.8 Å². The van der Waals surface area contributed by atoms with Gasteiger partial charge in [0, 0.05) is 19.2 Å². The van der Waals surface area contributed by atoms with Crippen molar-refractivity contribution in [3.05, 3.63) is 54.6 Å². The van der Waals surface area contributed by atoms with Crippen LogP contribution in [0.5, 0.6) is 5.75 Å². The summed E-state index contributed by atoms with van der Waals surface area (Å²) in [6, 6.07) is 12.9. The largest absolute Gasteiger partial charge is 0.573 e. The first-order valence-corrected chi connectivity index (χ1v) is 8.90. The highest BCUT2D eigenvalue weighted by molar-refractivity contribution is 6.13. The summed E-state index contributed by atoms with van der Waals surface area (Å²) in [6.45, 7) is 1.31. The van der Waals surface area contributed by atoms with E-state index in [1.165, 1.54) is 17.0 Å². The van der Waals surface area contributed by atoms with E-state index in [2.05, 4.69) is 4.74 Å². The molecule has 0 N–H and O–H groups in total. The Kier molecular flexibility index (Phi) is 5.95. The average molecular weight is 422 g/mol. The number of rotatable bonds is 4. The van der Waals surface area contributed by atoms with Gasteiger partial charge in [-0.25, -0.2) is 4.79 Å². The fraction of sp³-hybridized carbons (Fsp3) is 0.250. The van der Waals surface area contributed by atoms with Gasteiger partial charge in [0.15, 0.2) is 0 Å². The topological polar surface area (TPSA) is 76.2 Å². The van der Waals surface area contributed by atoms with E-state index in [1.807, 2.05) is 0 Å². The van der Waals surface area contributed by atoms with Gasteiger partial charge in [-0.1, -0.05) is 18.2 Å². The van der Waals surface area contributed by atoms with Crippen LogP contribution in [-0.2, 0) is 19.2 Å². The smallest absolute Gasteiger partial charge is 0.406 e. The van der Waals surface area contributed by atoms with Crippen molar-refractivity contribution in [2.24, 2.45) is 5.92 Å². The third-order valence-electron chi connectivity index (χ3n) is 4.30. The Morgan fingerprint density at radius 3 is 2.27 bits per heavy atom. The molecular formula is C20H17F3N2O5. The van der Waals surface area contributed by atoms with Gasteiger partial charge in [-0.3, -0.25) is 9.59 Å². The van der Waals surface area contributed by atoms with Gasteiger partial charge in [0.2, 0.25) is 5.91 Å². The summed E-state index contributed by atoms with van der Waals surface area (Å²) in [6.07, 6.45) is -4.66. The average Bonchev–Trinajstić information content (AvgIpc) is 3.07. The van der Waals surface area contributed by atoms with Crippen LogP contribution in [0.1, 0.15) is 13.3 Å². The maximum absolute atomic E-state index is 12.9. The van der Waals surface area contributed by atoms with Gasteiger partial charge >= 0.3 is 12.3 Å². The fourth-order valence-corrected chi connectivity index (χ4v) is 3.05. The molecule has 1 saturated heterocycles. The molecule has 1 heterocycles. The van der Waals surface area contributed by atoms with Crippen LogP contribution in [0, 0.1) is 5.92 Å². The first-order valence-electron chi connectivity index (χ1n) is 8.90. The van der Waals surface area contributed by atoms with E-state index in [1.54, 1.807) is 30.3 Å². The Balaban J connectivity index is 1.76. The molecule has 1 aliphatic heterocycles. The number of halogens is 3. The van der Waals surface area contributed by atoms with E-state index >= 15 is 0 Å². The van der Waals surface area contributed by atoms with Crippen LogP contribution in [0.25, 0.3) is 0 Å². The Bertz CT molecular complexity index is 932. The van der Waals surface area contributed by atoms with Crippen LogP contribution in [-0.4, -0.2) is 30.7 Å². The molecule has 2 aromatic carbocycles. The lowest BCUT2D eigenvalue weighted by atomic mass is 10.1. The lowest BCUT2D eigenvalue weighted by Gasteiger charge is -2.23. The number of hydroxylamine groups is 1. The Morgan fingerprint density at radius 2 is 1.70 bits per heavy atom. The van der Waals surface area contributed by atoms with Gasteiger partial charge in [-0.15, -0.1) is 18.2 Å². The number of para-hydroxylation sites is 1. The van der Waals surface area contributed by atoms with Gasteiger partial charge in [0.1, 0.15) is 11.7 Å². The van der Waals surface area contributed by atoms with Crippen molar-refractivity contribution in [3.63, 3.8) is 0 Å². The highest BCUT2D eigenvalue weighted by Crippen LogP contribution is 2.30. The molecule has 158 valence electrons. The van der Waals surface area contributed by atoms with Crippen molar-refractivity contribution in [2.75, 3.05) is 16.5 Å². The number of hydrogen-bond acceptors (Lipinski definition) is 5. The molecule has 0 spiro atoms. The van der Waals surface area contributed by atoms with Crippen molar-refractivity contribution in [2.45, 2.75) is 19.7 Å². The predicted molar refractivity (Wildman–Crippen MR) is 99.3 cm³/mol. The summed E-state index contributed by atoms with van der Waals surface area (Å²) < 4.78 is 40.7. The molecule has 0 radical (unpaired) electrons. The summed E-state index contributed by atoms with van der Waals surface area (Å²) in [5.41, 5.74) is 0.612. The number of anilines is 2. The van der Waals surface area contributed by atoms with Crippen LogP contribution >= 0.6 is 0 Å². The first-order chi connectivity index (χ1) is 14.2. The highest BCUT2D eigenvalue weighted by atomic mass is 19.4. The number of amides is 2. The maximum atomic E-state index is 12.9. The standard InChI is InChI=1S/C20H17F3N2O5/c1-13(26)30-25(15-5-3-2-4-6-15)19(28)17-11-12-24(18(17)27)14-7-9-16(10-8-14)29-20(21,22)23/h2-10,17H,11-12H2,1H3. The number of carbonyl (C=O) groups is 3. The third-order valence-corrected chi connectivity index (χ3v) is 4.30. The van der Waals surface area contributed by atoms with Gasteiger partial charge < -0.3 is 14.5 Å². The zero-order valence-electron chi connectivity index (χ0n) is 15.8. The monoisotopic (exact) mass is 422 g/mol. The summed E-state index contributed by atoms with van der Waals surface area (Å²) in [4.78, 5) is 43.5. The third kappa shape index (κ3) is 4.88. The summed E-state index contributed by atoms with van der Waals surface area (Å²) in [5.74, 6) is -3.50. The minimum absolute atomic E-state index is 0.156. The van der Waals surface area contributed by atoms with Crippen molar-refractivity contribution in [1.82, 2.24) is 0 Å². The van der Waals surface area contributed by atoms with Crippen molar-refractivity contribution in [1.29, 1.82) is 0 Å². The molecule has 3 rings (SSSR count). The van der Waals surface area contributed by atoms with Gasteiger partial charge in [-0.05, 0) is 42.8 Å².